The highest BCUT2D eigenvalue weighted by Gasteiger charge is 2.15. The number of thiazole rings is 1. The Kier molecular flexibility index (Phi) is 5.06. The van der Waals surface area contributed by atoms with Crippen molar-refractivity contribution in [3.05, 3.63) is 46.4 Å². The predicted octanol–water partition coefficient (Wildman–Crippen LogP) is 3.91. The van der Waals surface area contributed by atoms with Crippen LogP contribution in [0.4, 0.5) is 5.69 Å². The molecular formula is C17H22N4S. The van der Waals surface area contributed by atoms with Gasteiger partial charge in [-0.25, -0.2) is 9.98 Å². The van der Waals surface area contributed by atoms with Crippen molar-refractivity contribution in [2.24, 2.45) is 4.99 Å². The highest BCUT2D eigenvalue weighted by atomic mass is 32.1. The molecule has 0 unspecified atom stereocenters. The first-order valence-electron chi connectivity index (χ1n) is 7.84. The van der Waals surface area contributed by atoms with E-state index < -0.39 is 0 Å². The Labute approximate surface area is 135 Å². The van der Waals surface area contributed by atoms with Crippen molar-refractivity contribution in [2.75, 3.05) is 18.4 Å². The van der Waals surface area contributed by atoms with Gasteiger partial charge in [-0.3, -0.25) is 0 Å². The summed E-state index contributed by atoms with van der Waals surface area (Å²) in [6.07, 6.45) is 5.74. The lowest BCUT2D eigenvalue weighted by molar-refractivity contribution is 0.340. The lowest BCUT2D eigenvalue weighted by Crippen LogP contribution is -2.40. The van der Waals surface area contributed by atoms with Crippen LogP contribution in [0.3, 0.4) is 0 Å². The predicted molar refractivity (Wildman–Crippen MR) is 93.5 cm³/mol. The molecule has 0 spiro atoms. The molecule has 1 aliphatic rings. The number of likely N-dealkylation sites (tertiary alicyclic amines) is 1. The summed E-state index contributed by atoms with van der Waals surface area (Å²) in [5.74, 6) is 0.983. The van der Waals surface area contributed by atoms with Gasteiger partial charge in [0, 0.05) is 29.9 Å². The Morgan fingerprint density at radius 2 is 2.00 bits per heavy atom. The zero-order valence-electron chi connectivity index (χ0n) is 13.0. The normalized spacial score (nSPS) is 15.9. The average molecular weight is 314 g/mol. The second-order valence-electron chi connectivity index (χ2n) is 5.52. The number of aliphatic imine (C=N–C) groups is 1. The van der Waals surface area contributed by atoms with Crippen molar-refractivity contribution in [1.29, 1.82) is 0 Å². The fourth-order valence-corrected chi connectivity index (χ4v) is 3.33. The van der Waals surface area contributed by atoms with Crippen molar-refractivity contribution >= 4 is 23.0 Å². The van der Waals surface area contributed by atoms with E-state index >= 15 is 0 Å². The summed E-state index contributed by atoms with van der Waals surface area (Å²) in [5, 5.41) is 4.58. The number of aromatic nitrogens is 1. The molecule has 1 aromatic carbocycles. The Hall–Kier alpha value is -1.88. The van der Waals surface area contributed by atoms with Crippen molar-refractivity contribution in [1.82, 2.24) is 9.88 Å². The standard InChI is InChI=1S/C17H22N4S/c1-14-18-12-16(22-14)13-19-17(21-10-6-3-7-11-21)20-15-8-4-2-5-9-15/h2,4-5,8-9,12H,3,6-7,10-11,13H2,1H3,(H,19,20). The van der Waals surface area contributed by atoms with Gasteiger partial charge in [-0.2, -0.15) is 0 Å². The first kappa shape index (κ1) is 15.0. The number of piperidine rings is 1. The van der Waals surface area contributed by atoms with Gasteiger partial charge in [0.1, 0.15) is 0 Å². The molecule has 0 amide bonds. The molecule has 3 rings (SSSR count). The van der Waals surface area contributed by atoms with E-state index in [1.807, 2.05) is 31.3 Å². The number of nitrogens with zero attached hydrogens (tertiary/aromatic N) is 3. The number of hydrogen-bond donors (Lipinski definition) is 1. The maximum absolute atomic E-state index is 4.83. The number of guanidine groups is 1. The highest BCUT2D eigenvalue weighted by molar-refractivity contribution is 7.11. The third-order valence-electron chi connectivity index (χ3n) is 3.74. The number of rotatable bonds is 3. The van der Waals surface area contributed by atoms with Crippen LogP contribution in [0, 0.1) is 6.92 Å². The topological polar surface area (TPSA) is 40.5 Å². The van der Waals surface area contributed by atoms with Gasteiger partial charge in [0.15, 0.2) is 5.96 Å². The third-order valence-corrected chi connectivity index (χ3v) is 4.64. The first-order valence-corrected chi connectivity index (χ1v) is 8.66. The number of nitrogens with one attached hydrogen (secondary N) is 1. The van der Waals surface area contributed by atoms with Crippen molar-refractivity contribution in [3.63, 3.8) is 0 Å². The summed E-state index contributed by atoms with van der Waals surface area (Å²) in [7, 11) is 0. The van der Waals surface area contributed by atoms with Crippen LogP contribution in [0.5, 0.6) is 0 Å². The van der Waals surface area contributed by atoms with E-state index in [-0.39, 0.29) is 0 Å². The molecule has 0 atom stereocenters. The lowest BCUT2D eigenvalue weighted by atomic mass is 10.1. The molecule has 2 heterocycles. The minimum Gasteiger partial charge on any atom is -0.343 e. The summed E-state index contributed by atoms with van der Waals surface area (Å²) in [6.45, 7) is 4.89. The van der Waals surface area contributed by atoms with E-state index in [0.717, 1.165) is 29.7 Å². The van der Waals surface area contributed by atoms with Gasteiger partial charge in [0.2, 0.25) is 0 Å². The van der Waals surface area contributed by atoms with Crippen LogP contribution in [0.2, 0.25) is 0 Å². The van der Waals surface area contributed by atoms with Crippen molar-refractivity contribution in [2.45, 2.75) is 32.7 Å². The molecule has 4 nitrogen and oxygen atoms in total. The van der Waals surface area contributed by atoms with E-state index in [2.05, 4.69) is 27.3 Å². The van der Waals surface area contributed by atoms with Crippen LogP contribution in [-0.2, 0) is 6.54 Å². The van der Waals surface area contributed by atoms with Crippen molar-refractivity contribution in [3.8, 4) is 0 Å². The number of para-hydroxylation sites is 1. The smallest absolute Gasteiger partial charge is 0.198 e. The van der Waals surface area contributed by atoms with Gasteiger partial charge < -0.3 is 10.2 Å². The minimum absolute atomic E-state index is 0.692. The number of anilines is 1. The fraction of sp³-hybridized carbons (Fsp3) is 0.412. The van der Waals surface area contributed by atoms with Crippen LogP contribution in [0.1, 0.15) is 29.1 Å². The first-order chi connectivity index (χ1) is 10.8. The van der Waals surface area contributed by atoms with Crippen LogP contribution in [0.25, 0.3) is 0 Å². The molecule has 5 heteroatoms. The Morgan fingerprint density at radius 1 is 1.23 bits per heavy atom. The highest BCUT2D eigenvalue weighted by Crippen LogP contribution is 2.16. The second kappa shape index (κ2) is 7.40. The largest absolute Gasteiger partial charge is 0.343 e. The number of benzene rings is 1. The number of hydrogen-bond acceptors (Lipinski definition) is 3. The van der Waals surface area contributed by atoms with E-state index in [9.17, 15) is 0 Å². The Morgan fingerprint density at radius 3 is 2.68 bits per heavy atom. The Bertz CT molecular complexity index is 615. The van der Waals surface area contributed by atoms with Crippen molar-refractivity contribution < 1.29 is 0 Å². The van der Waals surface area contributed by atoms with Gasteiger partial charge in [-0.15, -0.1) is 11.3 Å². The van der Waals surface area contributed by atoms with E-state index in [4.69, 9.17) is 4.99 Å². The monoisotopic (exact) mass is 314 g/mol. The number of aryl methyl sites for hydroxylation is 1. The quantitative estimate of drug-likeness (QED) is 0.690. The maximum atomic E-state index is 4.83. The summed E-state index contributed by atoms with van der Waals surface area (Å²) in [4.78, 5) is 12.7. The van der Waals surface area contributed by atoms with Crippen LogP contribution in [-0.4, -0.2) is 28.9 Å². The van der Waals surface area contributed by atoms with Gasteiger partial charge in [-0.05, 0) is 38.3 Å². The molecule has 1 fully saturated rings. The molecule has 1 aromatic heterocycles. The SMILES string of the molecule is Cc1ncc(CN=C(Nc2ccccc2)N2CCCCC2)s1. The molecule has 1 saturated heterocycles. The minimum atomic E-state index is 0.692. The van der Waals surface area contributed by atoms with Gasteiger partial charge in [0.25, 0.3) is 0 Å². The molecule has 0 radical (unpaired) electrons. The molecule has 22 heavy (non-hydrogen) atoms. The average Bonchev–Trinajstić information content (AvgIpc) is 2.99. The lowest BCUT2D eigenvalue weighted by Gasteiger charge is -2.30. The Balaban J connectivity index is 1.75. The molecule has 0 bridgehead atoms. The van der Waals surface area contributed by atoms with Crippen LogP contribution in [0.15, 0.2) is 41.5 Å². The molecule has 2 aromatic rings. The fourth-order valence-electron chi connectivity index (χ4n) is 2.61. The molecule has 0 saturated carbocycles. The molecule has 116 valence electrons. The molecule has 1 N–H and O–H groups in total. The van der Waals surface area contributed by atoms with E-state index in [0.29, 0.717) is 6.54 Å². The second-order valence-corrected chi connectivity index (χ2v) is 6.84. The van der Waals surface area contributed by atoms with Crippen LogP contribution >= 0.6 is 11.3 Å². The molecular weight excluding hydrogens is 292 g/mol. The van der Waals surface area contributed by atoms with Gasteiger partial charge in [-0.1, -0.05) is 18.2 Å². The third kappa shape index (κ3) is 4.07. The zero-order chi connectivity index (χ0) is 15.2. The summed E-state index contributed by atoms with van der Waals surface area (Å²) in [5.41, 5.74) is 1.09. The summed E-state index contributed by atoms with van der Waals surface area (Å²) < 4.78 is 0. The molecule has 0 aliphatic carbocycles. The molecule has 1 aliphatic heterocycles. The maximum Gasteiger partial charge on any atom is 0.198 e. The summed E-state index contributed by atoms with van der Waals surface area (Å²) >= 11 is 1.72. The van der Waals surface area contributed by atoms with Crippen LogP contribution < -0.4 is 5.32 Å². The summed E-state index contributed by atoms with van der Waals surface area (Å²) in [6, 6.07) is 10.3. The zero-order valence-corrected chi connectivity index (χ0v) is 13.8. The van der Waals surface area contributed by atoms with E-state index in [1.165, 1.54) is 24.1 Å². The van der Waals surface area contributed by atoms with Gasteiger partial charge in [0.05, 0.1) is 11.6 Å². The van der Waals surface area contributed by atoms with E-state index in [1.54, 1.807) is 11.3 Å². The van der Waals surface area contributed by atoms with Gasteiger partial charge >= 0.3 is 0 Å².